The van der Waals surface area contributed by atoms with Crippen LogP contribution in [0.25, 0.3) is 0 Å². The van der Waals surface area contributed by atoms with E-state index in [1.54, 1.807) is 6.08 Å². The first-order chi connectivity index (χ1) is 11.3. The Hall–Kier alpha value is -2.70. The molecule has 0 bridgehead atoms. The van der Waals surface area contributed by atoms with Crippen molar-refractivity contribution in [2.24, 2.45) is 0 Å². The minimum absolute atomic E-state index is 0.124. The molecule has 0 radical (unpaired) electrons. The lowest BCUT2D eigenvalue weighted by Crippen LogP contribution is -2.52. The molecule has 0 spiro atoms. The van der Waals surface area contributed by atoms with Gasteiger partial charge in [0.2, 0.25) is 11.8 Å². The van der Waals surface area contributed by atoms with Crippen molar-refractivity contribution in [1.29, 1.82) is 0 Å². The van der Waals surface area contributed by atoms with Crippen molar-refractivity contribution in [3.05, 3.63) is 48.3 Å². The minimum atomic E-state index is -1.16. The van der Waals surface area contributed by atoms with Gasteiger partial charge in [0.05, 0.1) is 0 Å². The standard InChI is InChI=1S/C17H21FN2O4/c1-3-4-5-14(17(23)24)20-16(22)15(19-11(2)21)10-12-6-8-13(18)9-7-12/h3,6-9,14-15H,1,4-5,10H2,2H3,(H,19,21)(H,20,22)(H,23,24)/t14-,15-/m1/s1. The molecule has 0 aromatic heterocycles. The molecule has 0 saturated carbocycles. The van der Waals surface area contributed by atoms with Crippen LogP contribution in [-0.4, -0.2) is 35.0 Å². The van der Waals surface area contributed by atoms with Gasteiger partial charge in [-0.1, -0.05) is 18.2 Å². The van der Waals surface area contributed by atoms with Gasteiger partial charge in [-0.05, 0) is 30.5 Å². The maximum Gasteiger partial charge on any atom is 0.326 e. The molecule has 0 fully saturated rings. The predicted octanol–water partition coefficient (Wildman–Crippen LogP) is 1.41. The number of carboxylic acid groups (broad SMARTS) is 1. The van der Waals surface area contributed by atoms with Crippen molar-refractivity contribution in [3.8, 4) is 0 Å². The third kappa shape index (κ3) is 6.60. The summed E-state index contributed by atoms with van der Waals surface area (Å²) in [4.78, 5) is 34.9. The van der Waals surface area contributed by atoms with E-state index in [2.05, 4.69) is 17.2 Å². The fraction of sp³-hybridized carbons (Fsp3) is 0.353. The van der Waals surface area contributed by atoms with Crippen molar-refractivity contribution < 1.29 is 23.9 Å². The molecule has 3 N–H and O–H groups in total. The van der Waals surface area contributed by atoms with Gasteiger partial charge in [0.1, 0.15) is 17.9 Å². The fourth-order valence-electron chi connectivity index (χ4n) is 2.13. The zero-order valence-corrected chi connectivity index (χ0v) is 13.4. The lowest BCUT2D eigenvalue weighted by molar-refractivity contribution is -0.142. The summed E-state index contributed by atoms with van der Waals surface area (Å²) in [5.41, 5.74) is 0.642. The summed E-state index contributed by atoms with van der Waals surface area (Å²) in [7, 11) is 0. The van der Waals surface area contributed by atoms with E-state index in [1.807, 2.05) is 0 Å². The summed E-state index contributed by atoms with van der Waals surface area (Å²) in [6.07, 6.45) is 2.32. The highest BCUT2D eigenvalue weighted by molar-refractivity contribution is 5.90. The number of hydrogen-bond donors (Lipinski definition) is 3. The van der Waals surface area contributed by atoms with Crippen LogP contribution in [0.5, 0.6) is 0 Å². The van der Waals surface area contributed by atoms with Crippen LogP contribution < -0.4 is 10.6 Å². The summed E-state index contributed by atoms with van der Waals surface area (Å²) >= 11 is 0. The number of hydrogen-bond acceptors (Lipinski definition) is 3. The Balaban J connectivity index is 2.83. The number of carbonyl (C=O) groups is 3. The van der Waals surface area contributed by atoms with E-state index in [1.165, 1.54) is 31.2 Å². The van der Waals surface area contributed by atoms with E-state index in [4.69, 9.17) is 5.11 Å². The first-order valence-corrected chi connectivity index (χ1v) is 7.49. The fourth-order valence-corrected chi connectivity index (χ4v) is 2.13. The second-order valence-electron chi connectivity index (χ2n) is 5.35. The third-order valence-electron chi connectivity index (χ3n) is 3.32. The van der Waals surface area contributed by atoms with Crippen LogP contribution in [0.15, 0.2) is 36.9 Å². The molecule has 2 amide bonds. The minimum Gasteiger partial charge on any atom is -0.480 e. The highest BCUT2D eigenvalue weighted by Crippen LogP contribution is 2.07. The van der Waals surface area contributed by atoms with Crippen LogP contribution in [0.3, 0.4) is 0 Å². The number of benzene rings is 1. The van der Waals surface area contributed by atoms with Crippen LogP contribution in [0, 0.1) is 5.82 Å². The molecule has 24 heavy (non-hydrogen) atoms. The molecule has 0 aliphatic heterocycles. The van der Waals surface area contributed by atoms with Gasteiger partial charge in [-0.25, -0.2) is 9.18 Å². The Morgan fingerprint density at radius 2 is 1.83 bits per heavy atom. The molecule has 0 heterocycles. The lowest BCUT2D eigenvalue weighted by atomic mass is 10.0. The van der Waals surface area contributed by atoms with Crippen LogP contribution in [0.2, 0.25) is 0 Å². The molecule has 1 rings (SSSR count). The van der Waals surface area contributed by atoms with Crippen molar-refractivity contribution in [1.82, 2.24) is 10.6 Å². The molecular formula is C17H21FN2O4. The van der Waals surface area contributed by atoms with Gasteiger partial charge in [-0.15, -0.1) is 6.58 Å². The number of halogens is 1. The van der Waals surface area contributed by atoms with E-state index < -0.39 is 35.7 Å². The smallest absolute Gasteiger partial charge is 0.326 e. The molecule has 130 valence electrons. The SMILES string of the molecule is C=CCC[C@@H](NC(=O)[C@@H](Cc1ccc(F)cc1)NC(C)=O)C(=O)O. The normalized spacial score (nSPS) is 12.8. The van der Waals surface area contributed by atoms with Gasteiger partial charge in [0, 0.05) is 13.3 Å². The average molecular weight is 336 g/mol. The molecule has 2 atom stereocenters. The summed E-state index contributed by atoms with van der Waals surface area (Å²) in [6.45, 7) is 4.78. The Kier molecular flexibility index (Phi) is 7.61. The lowest BCUT2D eigenvalue weighted by Gasteiger charge is -2.21. The van der Waals surface area contributed by atoms with E-state index in [0.29, 0.717) is 12.0 Å². The molecule has 0 aliphatic rings. The van der Waals surface area contributed by atoms with Crippen LogP contribution in [-0.2, 0) is 20.8 Å². The first kappa shape index (κ1) is 19.3. The Morgan fingerprint density at radius 1 is 1.21 bits per heavy atom. The van der Waals surface area contributed by atoms with Crippen molar-refractivity contribution in [3.63, 3.8) is 0 Å². The van der Waals surface area contributed by atoms with Gasteiger partial charge in [0.15, 0.2) is 0 Å². The number of carbonyl (C=O) groups excluding carboxylic acids is 2. The number of carboxylic acids is 1. The van der Waals surface area contributed by atoms with E-state index >= 15 is 0 Å². The van der Waals surface area contributed by atoms with Gasteiger partial charge in [-0.2, -0.15) is 0 Å². The van der Waals surface area contributed by atoms with Crippen LogP contribution in [0.1, 0.15) is 25.3 Å². The molecule has 0 saturated heterocycles. The molecule has 1 aromatic carbocycles. The van der Waals surface area contributed by atoms with Crippen molar-refractivity contribution in [2.75, 3.05) is 0 Å². The van der Waals surface area contributed by atoms with Crippen molar-refractivity contribution >= 4 is 17.8 Å². The van der Waals surface area contributed by atoms with Gasteiger partial charge in [0.25, 0.3) is 0 Å². The molecule has 7 heteroatoms. The highest BCUT2D eigenvalue weighted by atomic mass is 19.1. The van der Waals surface area contributed by atoms with E-state index in [9.17, 15) is 18.8 Å². The van der Waals surface area contributed by atoms with Gasteiger partial charge >= 0.3 is 5.97 Å². The summed E-state index contributed by atoms with van der Waals surface area (Å²) in [5, 5.41) is 14.1. The number of amides is 2. The maximum absolute atomic E-state index is 12.9. The van der Waals surface area contributed by atoms with Crippen molar-refractivity contribution in [2.45, 2.75) is 38.3 Å². The van der Waals surface area contributed by atoms with E-state index in [-0.39, 0.29) is 12.8 Å². The second-order valence-corrected chi connectivity index (χ2v) is 5.35. The second kappa shape index (κ2) is 9.44. The van der Waals surface area contributed by atoms with Gasteiger partial charge < -0.3 is 15.7 Å². The molecule has 0 aliphatic carbocycles. The summed E-state index contributed by atoms with van der Waals surface area (Å²) in [5.74, 6) is -2.59. The zero-order chi connectivity index (χ0) is 18.1. The monoisotopic (exact) mass is 336 g/mol. The molecule has 6 nitrogen and oxygen atoms in total. The largest absolute Gasteiger partial charge is 0.480 e. The number of rotatable bonds is 9. The Bertz CT molecular complexity index is 601. The molecule has 0 unspecified atom stereocenters. The highest BCUT2D eigenvalue weighted by Gasteiger charge is 2.25. The summed E-state index contributed by atoms with van der Waals surface area (Å²) in [6, 6.07) is 3.50. The first-order valence-electron chi connectivity index (χ1n) is 7.49. The molecular weight excluding hydrogens is 315 g/mol. The van der Waals surface area contributed by atoms with Crippen LogP contribution in [0.4, 0.5) is 4.39 Å². The Morgan fingerprint density at radius 3 is 2.33 bits per heavy atom. The zero-order valence-electron chi connectivity index (χ0n) is 13.4. The maximum atomic E-state index is 12.9. The predicted molar refractivity (Wildman–Crippen MR) is 86.7 cm³/mol. The number of allylic oxidation sites excluding steroid dienone is 1. The van der Waals surface area contributed by atoms with E-state index in [0.717, 1.165) is 0 Å². The summed E-state index contributed by atoms with van der Waals surface area (Å²) < 4.78 is 12.9. The topological polar surface area (TPSA) is 95.5 Å². The number of aliphatic carboxylic acids is 1. The quantitative estimate of drug-likeness (QED) is 0.594. The third-order valence-corrected chi connectivity index (χ3v) is 3.32. The Labute approximate surface area is 139 Å². The molecule has 1 aromatic rings. The van der Waals surface area contributed by atoms with Crippen LogP contribution >= 0.6 is 0 Å². The average Bonchev–Trinajstić information content (AvgIpc) is 2.52. The number of nitrogens with one attached hydrogen (secondary N) is 2. The van der Waals surface area contributed by atoms with Gasteiger partial charge in [-0.3, -0.25) is 9.59 Å².